The van der Waals surface area contributed by atoms with Gasteiger partial charge in [-0.15, -0.1) is 11.6 Å². The molecule has 0 saturated heterocycles. The summed E-state index contributed by atoms with van der Waals surface area (Å²) in [5, 5.41) is 0. The van der Waals surface area contributed by atoms with Gasteiger partial charge in [0.2, 0.25) is 10.0 Å². The van der Waals surface area contributed by atoms with E-state index in [2.05, 4.69) is 0 Å². The molecule has 0 aliphatic carbocycles. The molecule has 0 radical (unpaired) electrons. The van der Waals surface area contributed by atoms with Crippen molar-refractivity contribution in [2.75, 3.05) is 32.7 Å². The highest BCUT2D eigenvalue weighted by atomic mass is 35.5. The Morgan fingerprint density at radius 1 is 1.24 bits per heavy atom. The Morgan fingerprint density at radius 2 is 1.86 bits per heavy atom. The second-order valence-electron chi connectivity index (χ2n) is 4.58. The first-order chi connectivity index (χ1) is 9.61. The SMILES string of the molecule is COc1ccc(CCl)cc1S(=O)(=O)N(C)CCS(C)(=O)=O. The molecule has 21 heavy (non-hydrogen) atoms. The average molecular weight is 356 g/mol. The third-order valence-electron chi connectivity index (χ3n) is 2.85. The van der Waals surface area contributed by atoms with Crippen molar-refractivity contribution in [2.24, 2.45) is 0 Å². The van der Waals surface area contributed by atoms with Crippen molar-refractivity contribution < 1.29 is 21.6 Å². The molecule has 9 heteroatoms. The van der Waals surface area contributed by atoms with E-state index in [1.54, 1.807) is 6.07 Å². The molecule has 1 rings (SSSR count). The van der Waals surface area contributed by atoms with Gasteiger partial charge in [0.25, 0.3) is 0 Å². The number of halogens is 1. The summed E-state index contributed by atoms with van der Waals surface area (Å²) < 4.78 is 53.4. The van der Waals surface area contributed by atoms with Crippen LogP contribution in [0.4, 0.5) is 0 Å². The molecule has 0 N–H and O–H groups in total. The summed E-state index contributed by atoms with van der Waals surface area (Å²) in [6.07, 6.45) is 1.06. The number of ether oxygens (including phenoxy) is 1. The van der Waals surface area contributed by atoms with Crippen LogP contribution >= 0.6 is 11.6 Å². The van der Waals surface area contributed by atoms with E-state index in [0.29, 0.717) is 5.56 Å². The average Bonchev–Trinajstić information content (AvgIpc) is 2.42. The quantitative estimate of drug-likeness (QED) is 0.684. The van der Waals surface area contributed by atoms with E-state index in [4.69, 9.17) is 16.3 Å². The monoisotopic (exact) mass is 355 g/mol. The fourth-order valence-corrected chi connectivity index (χ4v) is 3.85. The predicted molar refractivity (Wildman–Crippen MR) is 82.1 cm³/mol. The number of rotatable bonds is 7. The van der Waals surface area contributed by atoms with Crippen LogP contribution in [0.2, 0.25) is 0 Å². The first-order valence-electron chi connectivity index (χ1n) is 5.98. The maximum Gasteiger partial charge on any atom is 0.246 e. The Hall–Kier alpha value is -0.830. The highest BCUT2D eigenvalue weighted by molar-refractivity contribution is 7.91. The van der Waals surface area contributed by atoms with Crippen LogP contribution in [0.25, 0.3) is 0 Å². The van der Waals surface area contributed by atoms with Crippen molar-refractivity contribution in [3.05, 3.63) is 23.8 Å². The van der Waals surface area contributed by atoms with Gasteiger partial charge in [-0.1, -0.05) is 6.07 Å². The summed E-state index contributed by atoms with van der Waals surface area (Å²) in [5.41, 5.74) is 0.632. The molecule has 0 aliphatic heterocycles. The molecule has 0 aliphatic rings. The Morgan fingerprint density at radius 3 is 2.33 bits per heavy atom. The van der Waals surface area contributed by atoms with Gasteiger partial charge in [-0.3, -0.25) is 0 Å². The van der Waals surface area contributed by atoms with Crippen LogP contribution < -0.4 is 4.74 Å². The van der Waals surface area contributed by atoms with Crippen LogP contribution in [0.1, 0.15) is 5.56 Å². The molecule has 0 heterocycles. The standard InChI is InChI=1S/C12H18ClNO5S2/c1-14(6-7-20(3,15)16)21(17,18)12-8-10(9-13)4-5-11(12)19-2/h4-5,8H,6-7,9H2,1-3H3. The zero-order valence-corrected chi connectivity index (χ0v) is 14.4. The lowest BCUT2D eigenvalue weighted by Gasteiger charge is -2.19. The summed E-state index contributed by atoms with van der Waals surface area (Å²) in [7, 11) is -4.41. The fraction of sp³-hybridized carbons (Fsp3) is 0.500. The third-order valence-corrected chi connectivity index (χ3v) is 5.96. The second-order valence-corrected chi connectivity index (χ2v) is 9.12. The summed E-state index contributed by atoms with van der Waals surface area (Å²) in [6.45, 7) is -0.130. The zero-order valence-electron chi connectivity index (χ0n) is 12.0. The number of benzene rings is 1. The molecular weight excluding hydrogens is 338 g/mol. The topological polar surface area (TPSA) is 80.8 Å². The van der Waals surface area contributed by atoms with Crippen molar-refractivity contribution >= 4 is 31.5 Å². The van der Waals surface area contributed by atoms with Crippen LogP contribution in [0.5, 0.6) is 5.75 Å². The molecule has 1 aromatic rings. The minimum atomic E-state index is -3.85. The number of sulfonamides is 1. The number of sulfone groups is 1. The van der Waals surface area contributed by atoms with Crippen LogP contribution in [-0.2, 0) is 25.7 Å². The maximum atomic E-state index is 12.5. The molecule has 0 spiro atoms. The molecule has 0 aromatic heterocycles. The van der Waals surface area contributed by atoms with Gasteiger partial charge in [-0.05, 0) is 17.7 Å². The van der Waals surface area contributed by atoms with E-state index < -0.39 is 19.9 Å². The number of nitrogens with zero attached hydrogens (tertiary/aromatic N) is 1. The van der Waals surface area contributed by atoms with Crippen LogP contribution in [0.3, 0.4) is 0 Å². The fourth-order valence-electron chi connectivity index (χ4n) is 1.59. The first-order valence-corrected chi connectivity index (χ1v) is 10.0. The van der Waals surface area contributed by atoms with Crippen molar-refractivity contribution in [1.82, 2.24) is 4.31 Å². The van der Waals surface area contributed by atoms with Gasteiger partial charge in [-0.25, -0.2) is 16.8 Å². The van der Waals surface area contributed by atoms with Crippen molar-refractivity contribution in [3.63, 3.8) is 0 Å². The Kier molecular flexibility index (Phi) is 6.03. The highest BCUT2D eigenvalue weighted by Gasteiger charge is 2.25. The lowest BCUT2D eigenvalue weighted by molar-refractivity contribution is 0.398. The second kappa shape index (κ2) is 6.95. The molecule has 0 bridgehead atoms. The minimum Gasteiger partial charge on any atom is -0.495 e. The van der Waals surface area contributed by atoms with Gasteiger partial charge in [0.1, 0.15) is 20.5 Å². The summed E-state index contributed by atoms with van der Waals surface area (Å²) in [5.74, 6) is 0.106. The summed E-state index contributed by atoms with van der Waals surface area (Å²) >= 11 is 5.72. The first kappa shape index (κ1) is 18.2. The molecule has 1 aromatic carbocycles. The van der Waals surface area contributed by atoms with Gasteiger partial charge in [0.05, 0.1) is 12.9 Å². The number of hydrogen-bond acceptors (Lipinski definition) is 5. The Bertz CT molecular complexity index is 700. The smallest absolute Gasteiger partial charge is 0.246 e. The Labute approximate surface area is 130 Å². The van der Waals surface area contributed by atoms with E-state index in [-0.39, 0.29) is 28.8 Å². The van der Waals surface area contributed by atoms with Crippen molar-refractivity contribution in [1.29, 1.82) is 0 Å². The Balaban J connectivity index is 3.17. The predicted octanol–water partition coefficient (Wildman–Crippen LogP) is 1.10. The van der Waals surface area contributed by atoms with Crippen molar-refractivity contribution in [2.45, 2.75) is 10.8 Å². The summed E-state index contributed by atoms with van der Waals surface area (Å²) in [6, 6.07) is 4.62. The molecule has 0 amide bonds. The molecule has 0 fully saturated rings. The minimum absolute atomic E-state index is 0.0286. The van der Waals surface area contributed by atoms with E-state index in [9.17, 15) is 16.8 Å². The zero-order chi connectivity index (χ0) is 16.3. The van der Waals surface area contributed by atoms with Crippen LogP contribution in [0.15, 0.2) is 23.1 Å². The van der Waals surface area contributed by atoms with E-state index in [1.807, 2.05) is 0 Å². The van der Waals surface area contributed by atoms with Gasteiger partial charge in [-0.2, -0.15) is 4.31 Å². The van der Waals surface area contributed by atoms with Gasteiger partial charge in [0.15, 0.2) is 0 Å². The normalized spacial score (nSPS) is 12.6. The molecule has 6 nitrogen and oxygen atoms in total. The molecular formula is C12H18ClNO5S2. The van der Waals surface area contributed by atoms with Gasteiger partial charge in [0, 0.05) is 25.7 Å². The largest absolute Gasteiger partial charge is 0.495 e. The highest BCUT2D eigenvalue weighted by Crippen LogP contribution is 2.27. The molecule has 0 saturated carbocycles. The lowest BCUT2D eigenvalue weighted by Crippen LogP contribution is -2.31. The molecule has 120 valence electrons. The van der Waals surface area contributed by atoms with Crippen molar-refractivity contribution in [3.8, 4) is 5.75 Å². The van der Waals surface area contributed by atoms with Gasteiger partial charge < -0.3 is 4.74 Å². The van der Waals surface area contributed by atoms with Crippen LogP contribution in [-0.4, -0.2) is 53.9 Å². The summed E-state index contributed by atoms with van der Waals surface area (Å²) in [4.78, 5) is -0.0286. The number of alkyl halides is 1. The van der Waals surface area contributed by atoms with Gasteiger partial charge >= 0.3 is 0 Å². The number of methoxy groups -OCH3 is 1. The van der Waals surface area contributed by atoms with E-state index in [1.165, 1.54) is 26.3 Å². The maximum absolute atomic E-state index is 12.5. The van der Waals surface area contributed by atoms with Crippen LogP contribution in [0, 0.1) is 0 Å². The third kappa shape index (κ3) is 4.84. The number of hydrogen-bond donors (Lipinski definition) is 0. The van der Waals surface area contributed by atoms with E-state index in [0.717, 1.165) is 10.6 Å². The molecule has 0 atom stereocenters. The molecule has 0 unspecified atom stereocenters. The van der Waals surface area contributed by atoms with E-state index >= 15 is 0 Å². The lowest BCUT2D eigenvalue weighted by atomic mass is 10.2.